The van der Waals surface area contributed by atoms with Crippen molar-refractivity contribution in [3.63, 3.8) is 0 Å². The second kappa shape index (κ2) is 7.18. The lowest BCUT2D eigenvalue weighted by Crippen LogP contribution is -2.33. The molecule has 1 aromatic heterocycles. The highest BCUT2D eigenvalue weighted by Crippen LogP contribution is 2.33. The molecule has 4 nitrogen and oxygen atoms in total. The van der Waals surface area contributed by atoms with E-state index in [1.54, 1.807) is 7.11 Å². The van der Waals surface area contributed by atoms with Crippen LogP contribution < -0.4 is 4.74 Å². The molecule has 0 amide bonds. The van der Waals surface area contributed by atoms with Gasteiger partial charge in [0.25, 0.3) is 0 Å². The van der Waals surface area contributed by atoms with E-state index in [1.807, 2.05) is 12.3 Å². The summed E-state index contributed by atoms with van der Waals surface area (Å²) in [6.07, 6.45) is 5.51. The van der Waals surface area contributed by atoms with Crippen molar-refractivity contribution in [1.82, 2.24) is 9.88 Å². The number of ether oxygens (including phenoxy) is 1. The molecule has 1 aliphatic heterocycles. The maximum absolute atomic E-state index is 5.59. The first-order chi connectivity index (χ1) is 11.2. The van der Waals surface area contributed by atoms with Crippen molar-refractivity contribution >= 4 is 0 Å². The van der Waals surface area contributed by atoms with Crippen molar-refractivity contribution in [1.29, 1.82) is 0 Å². The van der Waals surface area contributed by atoms with Crippen LogP contribution >= 0.6 is 0 Å². The Bertz CT molecular complexity index is 636. The van der Waals surface area contributed by atoms with Gasteiger partial charge in [-0.3, -0.25) is 4.90 Å². The maximum atomic E-state index is 5.59. The van der Waals surface area contributed by atoms with Crippen LogP contribution in [0.2, 0.25) is 0 Å². The van der Waals surface area contributed by atoms with Gasteiger partial charge in [0.1, 0.15) is 12.0 Å². The van der Waals surface area contributed by atoms with E-state index in [-0.39, 0.29) is 0 Å². The van der Waals surface area contributed by atoms with E-state index in [0.717, 1.165) is 30.4 Å². The molecular weight excluding hydrogens is 288 g/mol. The second-order valence-electron chi connectivity index (χ2n) is 6.59. The van der Waals surface area contributed by atoms with Gasteiger partial charge >= 0.3 is 0 Å². The Morgan fingerprint density at radius 1 is 1.35 bits per heavy atom. The van der Waals surface area contributed by atoms with Crippen LogP contribution in [-0.2, 0) is 6.54 Å². The number of hydrogen-bond donors (Lipinski definition) is 0. The number of piperidine rings is 1. The Balaban J connectivity index is 1.77. The number of rotatable bonds is 5. The van der Waals surface area contributed by atoms with Crippen LogP contribution in [0, 0.1) is 0 Å². The highest BCUT2D eigenvalue weighted by Gasteiger charge is 2.25. The number of methoxy groups -OCH3 is 1. The van der Waals surface area contributed by atoms with E-state index in [9.17, 15) is 0 Å². The quantitative estimate of drug-likeness (QED) is 0.812. The predicted octanol–water partition coefficient (Wildman–Crippen LogP) is 4.53. The first-order valence-electron chi connectivity index (χ1n) is 8.49. The molecule has 124 valence electrons. The van der Waals surface area contributed by atoms with E-state index in [2.05, 4.69) is 41.9 Å². The summed E-state index contributed by atoms with van der Waals surface area (Å²) in [5.41, 5.74) is 2.36. The van der Waals surface area contributed by atoms with Gasteiger partial charge in [-0.05, 0) is 37.1 Å². The maximum Gasteiger partial charge on any atom is 0.196 e. The molecule has 1 aliphatic rings. The third kappa shape index (κ3) is 3.75. The third-order valence-corrected chi connectivity index (χ3v) is 4.52. The fraction of sp³-hybridized carbons (Fsp3) is 0.526. The van der Waals surface area contributed by atoms with Gasteiger partial charge in [-0.25, -0.2) is 4.98 Å². The van der Waals surface area contributed by atoms with E-state index in [1.165, 1.54) is 24.8 Å². The lowest BCUT2D eigenvalue weighted by Gasteiger charge is -2.35. The van der Waals surface area contributed by atoms with Gasteiger partial charge in [0.05, 0.1) is 12.8 Å². The van der Waals surface area contributed by atoms with Crippen LogP contribution in [0.1, 0.15) is 62.2 Å². The summed E-state index contributed by atoms with van der Waals surface area (Å²) in [4.78, 5) is 7.15. The normalized spacial score (nSPS) is 19.2. The first-order valence-corrected chi connectivity index (χ1v) is 8.49. The molecule has 3 rings (SSSR count). The van der Waals surface area contributed by atoms with Crippen molar-refractivity contribution in [2.75, 3.05) is 13.7 Å². The predicted molar refractivity (Wildman–Crippen MR) is 90.6 cm³/mol. The summed E-state index contributed by atoms with van der Waals surface area (Å²) in [6.45, 7) is 6.16. The minimum Gasteiger partial charge on any atom is -0.497 e. The molecule has 4 heteroatoms. The average molecular weight is 314 g/mol. The second-order valence-corrected chi connectivity index (χ2v) is 6.59. The summed E-state index contributed by atoms with van der Waals surface area (Å²) >= 11 is 0. The number of aromatic nitrogens is 1. The molecule has 0 unspecified atom stereocenters. The summed E-state index contributed by atoms with van der Waals surface area (Å²) in [5, 5.41) is 0. The SMILES string of the molecule is COc1cccc([C@H]2CCCCN2Cc2coc(C(C)C)n2)c1. The molecule has 1 aromatic carbocycles. The van der Waals surface area contributed by atoms with E-state index in [4.69, 9.17) is 9.15 Å². The average Bonchev–Trinajstić information content (AvgIpc) is 3.04. The van der Waals surface area contributed by atoms with Crippen LogP contribution in [0.15, 0.2) is 34.9 Å². The topological polar surface area (TPSA) is 38.5 Å². The molecule has 2 aromatic rings. The van der Waals surface area contributed by atoms with Crippen molar-refractivity contribution in [3.8, 4) is 5.75 Å². The van der Waals surface area contributed by atoms with Gasteiger partial charge in [-0.15, -0.1) is 0 Å². The standard InChI is InChI=1S/C19H26N2O2/c1-14(2)19-20-16(13-23-19)12-21-10-5-4-9-18(21)15-7-6-8-17(11-15)22-3/h6-8,11,13-14,18H,4-5,9-10,12H2,1-3H3/t18-/m1/s1. The number of nitrogens with zero attached hydrogens (tertiary/aromatic N) is 2. The molecule has 0 saturated carbocycles. The molecule has 0 spiro atoms. The molecule has 1 atom stereocenters. The monoisotopic (exact) mass is 314 g/mol. The highest BCUT2D eigenvalue weighted by molar-refractivity contribution is 5.30. The van der Waals surface area contributed by atoms with Crippen molar-refractivity contribution in [2.45, 2.75) is 51.6 Å². The van der Waals surface area contributed by atoms with E-state index in [0.29, 0.717) is 12.0 Å². The Morgan fingerprint density at radius 3 is 2.96 bits per heavy atom. The van der Waals surface area contributed by atoms with Crippen molar-refractivity contribution in [3.05, 3.63) is 47.7 Å². The number of hydrogen-bond acceptors (Lipinski definition) is 4. The molecule has 2 heterocycles. The fourth-order valence-corrected chi connectivity index (χ4v) is 3.28. The minimum atomic E-state index is 0.333. The molecule has 0 N–H and O–H groups in total. The molecular formula is C19H26N2O2. The van der Waals surface area contributed by atoms with Gasteiger partial charge < -0.3 is 9.15 Å². The van der Waals surface area contributed by atoms with Crippen LogP contribution in [0.3, 0.4) is 0 Å². The Morgan fingerprint density at radius 2 is 2.22 bits per heavy atom. The number of benzene rings is 1. The van der Waals surface area contributed by atoms with Gasteiger partial charge in [0.15, 0.2) is 5.89 Å². The Kier molecular flexibility index (Phi) is 5.01. The van der Waals surface area contributed by atoms with Crippen molar-refractivity contribution < 1.29 is 9.15 Å². The summed E-state index contributed by atoms with van der Waals surface area (Å²) in [6, 6.07) is 8.87. The molecule has 0 bridgehead atoms. The lowest BCUT2D eigenvalue weighted by molar-refractivity contribution is 0.138. The third-order valence-electron chi connectivity index (χ3n) is 4.52. The van der Waals surface area contributed by atoms with Crippen LogP contribution in [0.25, 0.3) is 0 Å². The van der Waals surface area contributed by atoms with Gasteiger partial charge in [0, 0.05) is 18.5 Å². The van der Waals surface area contributed by atoms with Crippen LogP contribution in [-0.4, -0.2) is 23.5 Å². The molecule has 23 heavy (non-hydrogen) atoms. The lowest BCUT2D eigenvalue weighted by atomic mass is 9.95. The highest BCUT2D eigenvalue weighted by atomic mass is 16.5. The summed E-state index contributed by atoms with van der Waals surface area (Å²) in [5.74, 6) is 2.09. The van der Waals surface area contributed by atoms with Gasteiger partial charge in [-0.2, -0.15) is 0 Å². The molecule has 0 radical (unpaired) electrons. The Hall–Kier alpha value is -1.81. The minimum absolute atomic E-state index is 0.333. The zero-order valence-electron chi connectivity index (χ0n) is 14.3. The van der Waals surface area contributed by atoms with Gasteiger partial charge in [0.2, 0.25) is 0 Å². The fourth-order valence-electron chi connectivity index (χ4n) is 3.28. The molecule has 0 aliphatic carbocycles. The smallest absolute Gasteiger partial charge is 0.196 e. The zero-order chi connectivity index (χ0) is 16.2. The largest absolute Gasteiger partial charge is 0.497 e. The van der Waals surface area contributed by atoms with Gasteiger partial charge in [-0.1, -0.05) is 32.4 Å². The van der Waals surface area contributed by atoms with E-state index < -0.39 is 0 Å². The number of oxazole rings is 1. The zero-order valence-corrected chi connectivity index (χ0v) is 14.3. The Labute approximate surface area is 138 Å². The van der Waals surface area contributed by atoms with E-state index >= 15 is 0 Å². The summed E-state index contributed by atoms with van der Waals surface area (Å²) in [7, 11) is 1.72. The first kappa shape index (κ1) is 16.1. The molecule has 1 fully saturated rings. The summed E-state index contributed by atoms with van der Waals surface area (Å²) < 4.78 is 11.0. The van der Waals surface area contributed by atoms with Crippen LogP contribution in [0.5, 0.6) is 5.75 Å². The van der Waals surface area contributed by atoms with Crippen LogP contribution in [0.4, 0.5) is 0 Å². The van der Waals surface area contributed by atoms with Crippen molar-refractivity contribution in [2.24, 2.45) is 0 Å². The molecule has 1 saturated heterocycles. The number of likely N-dealkylation sites (tertiary alicyclic amines) is 1.